The van der Waals surface area contributed by atoms with Gasteiger partial charge in [-0.1, -0.05) is 11.6 Å². The van der Waals surface area contributed by atoms with Crippen molar-refractivity contribution in [2.24, 2.45) is 0 Å². The number of nitrogens with one attached hydrogen (secondary N) is 1. The number of rotatable bonds is 6. The summed E-state index contributed by atoms with van der Waals surface area (Å²) >= 11 is 7.04. The summed E-state index contributed by atoms with van der Waals surface area (Å²) in [6.45, 7) is 1.46. The first kappa shape index (κ1) is 21.4. The minimum absolute atomic E-state index is 0.0425. The molecule has 0 aliphatic rings. The number of hydrogen-bond donors (Lipinski definition) is 1. The number of anilines is 1. The van der Waals surface area contributed by atoms with Crippen molar-refractivity contribution in [2.45, 2.75) is 11.8 Å². The van der Waals surface area contributed by atoms with Crippen molar-refractivity contribution in [1.29, 1.82) is 0 Å². The molecule has 10 heteroatoms. The predicted molar refractivity (Wildman–Crippen MR) is 112 cm³/mol. The number of aromatic nitrogens is 1. The Morgan fingerprint density at radius 2 is 1.79 bits per heavy atom. The minimum Gasteiger partial charge on any atom is -0.301 e. The molecular formula is C19H17ClFN3O3S2. The SMILES string of the molecule is Cc1sc(NC(=O)CN(C)S(=O)(=O)c2ccc(Cl)cc2)nc1-c1ccc(F)cc1. The van der Waals surface area contributed by atoms with E-state index in [9.17, 15) is 17.6 Å². The Morgan fingerprint density at radius 1 is 1.17 bits per heavy atom. The molecule has 6 nitrogen and oxygen atoms in total. The van der Waals surface area contributed by atoms with Crippen molar-refractivity contribution in [3.8, 4) is 11.3 Å². The molecule has 0 spiro atoms. The van der Waals surface area contributed by atoms with Crippen LogP contribution in [-0.4, -0.2) is 37.2 Å². The van der Waals surface area contributed by atoms with Gasteiger partial charge in [0.1, 0.15) is 5.82 Å². The first-order chi connectivity index (χ1) is 13.7. The van der Waals surface area contributed by atoms with Gasteiger partial charge in [-0.3, -0.25) is 4.79 Å². The van der Waals surface area contributed by atoms with Gasteiger partial charge in [0, 0.05) is 22.5 Å². The van der Waals surface area contributed by atoms with E-state index in [1.54, 1.807) is 12.1 Å². The van der Waals surface area contributed by atoms with E-state index in [0.29, 0.717) is 15.8 Å². The lowest BCUT2D eigenvalue weighted by Crippen LogP contribution is -2.34. The summed E-state index contributed by atoms with van der Waals surface area (Å²) in [7, 11) is -2.51. The van der Waals surface area contributed by atoms with Crippen molar-refractivity contribution >= 4 is 44.0 Å². The average Bonchev–Trinajstić information content (AvgIpc) is 3.02. The van der Waals surface area contributed by atoms with Crippen LogP contribution in [0.15, 0.2) is 53.4 Å². The number of hydrogen-bond acceptors (Lipinski definition) is 5. The second-order valence-electron chi connectivity index (χ2n) is 6.19. The molecule has 3 aromatic rings. The molecule has 0 saturated carbocycles. The summed E-state index contributed by atoms with van der Waals surface area (Å²) in [5, 5.41) is 3.37. The molecule has 2 aromatic carbocycles. The van der Waals surface area contributed by atoms with E-state index in [1.807, 2.05) is 6.92 Å². The topological polar surface area (TPSA) is 79.4 Å². The number of halogens is 2. The maximum absolute atomic E-state index is 13.1. The minimum atomic E-state index is -3.83. The standard InChI is InChI=1S/C19H17ClFN3O3S2/c1-12-18(13-3-7-15(21)8-4-13)23-19(28-12)22-17(25)11-24(2)29(26,27)16-9-5-14(20)6-10-16/h3-10H,11H2,1-2H3,(H,22,23,25). The van der Waals surface area contributed by atoms with Gasteiger partial charge in [-0.25, -0.2) is 17.8 Å². The zero-order valence-electron chi connectivity index (χ0n) is 15.5. The number of likely N-dealkylation sites (N-methyl/N-ethyl adjacent to an activating group) is 1. The third kappa shape index (κ3) is 4.99. The van der Waals surface area contributed by atoms with Crippen LogP contribution in [0, 0.1) is 12.7 Å². The zero-order chi connectivity index (χ0) is 21.2. The van der Waals surface area contributed by atoms with Crippen molar-refractivity contribution in [3.63, 3.8) is 0 Å². The molecule has 0 unspecified atom stereocenters. The number of carbonyl (C=O) groups is 1. The number of benzene rings is 2. The number of amides is 1. The smallest absolute Gasteiger partial charge is 0.243 e. The van der Waals surface area contributed by atoms with Gasteiger partial charge in [0.25, 0.3) is 0 Å². The molecule has 0 aliphatic heterocycles. The largest absolute Gasteiger partial charge is 0.301 e. The molecular weight excluding hydrogens is 437 g/mol. The third-order valence-corrected chi connectivity index (χ3v) is 7.00. The summed E-state index contributed by atoms with van der Waals surface area (Å²) in [4.78, 5) is 17.6. The molecule has 1 heterocycles. The van der Waals surface area contributed by atoms with Gasteiger partial charge >= 0.3 is 0 Å². The summed E-state index contributed by atoms with van der Waals surface area (Å²) in [5.74, 6) is -0.871. The van der Waals surface area contributed by atoms with Gasteiger partial charge in [-0.15, -0.1) is 11.3 Å². The maximum Gasteiger partial charge on any atom is 0.243 e. The lowest BCUT2D eigenvalue weighted by atomic mass is 10.1. The Bertz CT molecular complexity index is 1130. The molecule has 0 fully saturated rings. The van der Waals surface area contributed by atoms with Gasteiger partial charge in [0.2, 0.25) is 15.9 Å². The number of carbonyl (C=O) groups excluding carboxylic acids is 1. The van der Waals surface area contributed by atoms with Crippen molar-refractivity contribution in [2.75, 3.05) is 18.9 Å². The van der Waals surface area contributed by atoms with Gasteiger partial charge in [-0.05, 0) is 55.5 Å². The van der Waals surface area contributed by atoms with E-state index < -0.39 is 15.9 Å². The number of aryl methyl sites for hydroxylation is 1. The molecule has 1 aromatic heterocycles. The highest BCUT2D eigenvalue weighted by molar-refractivity contribution is 7.89. The van der Waals surface area contributed by atoms with Crippen LogP contribution in [0.25, 0.3) is 11.3 Å². The van der Waals surface area contributed by atoms with E-state index in [2.05, 4.69) is 10.3 Å². The lowest BCUT2D eigenvalue weighted by molar-refractivity contribution is -0.116. The molecule has 1 N–H and O–H groups in total. The Hall–Kier alpha value is -2.33. The molecule has 0 aliphatic carbocycles. The van der Waals surface area contributed by atoms with E-state index in [-0.39, 0.29) is 17.3 Å². The first-order valence-electron chi connectivity index (χ1n) is 8.42. The highest BCUT2D eigenvalue weighted by Crippen LogP contribution is 2.30. The van der Waals surface area contributed by atoms with Crippen LogP contribution in [0.2, 0.25) is 5.02 Å². The molecule has 1 amide bonds. The Morgan fingerprint density at radius 3 is 2.41 bits per heavy atom. The van der Waals surface area contributed by atoms with Crippen molar-refractivity contribution in [3.05, 3.63) is 64.2 Å². The quantitative estimate of drug-likeness (QED) is 0.607. The number of nitrogens with zero attached hydrogens (tertiary/aromatic N) is 2. The molecule has 152 valence electrons. The van der Waals surface area contributed by atoms with E-state index in [1.165, 1.54) is 54.8 Å². The fraction of sp³-hybridized carbons (Fsp3) is 0.158. The predicted octanol–water partition coefficient (Wildman–Crippen LogP) is 4.17. The first-order valence-corrected chi connectivity index (χ1v) is 11.1. The lowest BCUT2D eigenvalue weighted by Gasteiger charge is -2.16. The fourth-order valence-corrected chi connectivity index (χ4v) is 4.66. The van der Waals surface area contributed by atoms with Gasteiger partial charge < -0.3 is 5.32 Å². The van der Waals surface area contributed by atoms with E-state index in [0.717, 1.165) is 14.7 Å². The Kier molecular flexibility index (Phi) is 6.33. The molecule has 0 bridgehead atoms. The van der Waals surface area contributed by atoms with Crippen LogP contribution in [-0.2, 0) is 14.8 Å². The van der Waals surface area contributed by atoms with Crippen LogP contribution in [0.1, 0.15) is 4.88 Å². The second kappa shape index (κ2) is 8.58. The third-order valence-electron chi connectivity index (χ3n) is 4.05. The van der Waals surface area contributed by atoms with Crippen LogP contribution >= 0.6 is 22.9 Å². The highest BCUT2D eigenvalue weighted by atomic mass is 35.5. The second-order valence-corrected chi connectivity index (χ2v) is 9.88. The van der Waals surface area contributed by atoms with Crippen LogP contribution < -0.4 is 5.32 Å². The van der Waals surface area contributed by atoms with Gasteiger partial charge in [0.15, 0.2) is 5.13 Å². The van der Waals surface area contributed by atoms with Crippen LogP contribution in [0.4, 0.5) is 9.52 Å². The van der Waals surface area contributed by atoms with Crippen molar-refractivity contribution < 1.29 is 17.6 Å². The van der Waals surface area contributed by atoms with Gasteiger partial charge in [-0.2, -0.15) is 4.31 Å². The summed E-state index contributed by atoms with van der Waals surface area (Å²) < 4.78 is 39.2. The van der Waals surface area contributed by atoms with Crippen molar-refractivity contribution in [1.82, 2.24) is 9.29 Å². The maximum atomic E-state index is 13.1. The van der Waals surface area contributed by atoms with Crippen LogP contribution in [0.3, 0.4) is 0 Å². The summed E-state index contributed by atoms with van der Waals surface area (Å²) in [6, 6.07) is 11.6. The molecule has 0 radical (unpaired) electrons. The Balaban J connectivity index is 1.70. The monoisotopic (exact) mass is 453 g/mol. The van der Waals surface area contributed by atoms with E-state index in [4.69, 9.17) is 11.6 Å². The van der Waals surface area contributed by atoms with E-state index >= 15 is 0 Å². The highest BCUT2D eigenvalue weighted by Gasteiger charge is 2.23. The Labute approximate surface area is 177 Å². The molecule has 29 heavy (non-hydrogen) atoms. The fourth-order valence-electron chi connectivity index (χ4n) is 2.56. The normalized spacial score (nSPS) is 11.6. The molecule has 0 saturated heterocycles. The van der Waals surface area contributed by atoms with Crippen LogP contribution in [0.5, 0.6) is 0 Å². The number of thiazole rings is 1. The number of sulfonamides is 1. The molecule has 0 atom stereocenters. The average molecular weight is 454 g/mol. The molecule has 3 rings (SSSR count). The summed E-state index contributed by atoms with van der Waals surface area (Å²) in [5.41, 5.74) is 1.36. The zero-order valence-corrected chi connectivity index (χ0v) is 17.9. The summed E-state index contributed by atoms with van der Waals surface area (Å²) in [6.07, 6.45) is 0. The van der Waals surface area contributed by atoms with Gasteiger partial charge in [0.05, 0.1) is 17.1 Å².